The van der Waals surface area contributed by atoms with Crippen LogP contribution in [0.5, 0.6) is 0 Å². The fourth-order valence-corrected chi connectivity index (χ4v) is 2.83. The first-order chi connectivity index (χ1) is 10.7. The van der Waals surface area contributed by atoms with Crippen LogP contribution in [0.25, 0.3) is 0 Å². The molecular formula is C17H33N3O2. The molecule has 22 heavy (non-hydrogen) atoms. The Morgan fingerprint density at radius 2 is 1.41 bits per heavy atom. The molecule has 0 aromatic carbocycles. The van der Waals surface area contributed by atoms with E-state index in [1.165, 1.54) is 32.1 Å². The van der Waals surface area contributed by atoms with Gasteiger partial charge in [-0.2, -0.15) is 0 Å². The Balaban J connectivity index is 1.87. The summed E-state index contributed by atoms with van der Waals surface area (Å²) >= 11 is 0. The zero-order valence-corrected chi connectivity index (χ0v) is 13.9. The molecular weight excluding hydrogens is 278 g/mol. The highest BCUT2D eigenvalue weighted by Gasteiger charge is 2.17. The van der Waals surface area contributed by atoms with Gasteiger partial charge in [0, 0.05) is 19.5 Å². The second-order valence-electron chi connectivity index (χ2n) is 6.23. The molecule has 0 atom stereocenters. The lowest BCUT2D eigenvalue weighted by Crippen LogP contribution is -2.38. The van der Waals surface area contributed by atoms with Gasteiger partial charge >= 0.3 is 0 Å². The summed E-state index contributed by atoms with van der Waals surface area (Å²) in [5.74, 6) is 0.0684. The summed E-state index contributed by atoms with van der Waals surface area (Å²) in [4.78, 5) is 25.3. The van der Waals surface area contributed by atoms with Crippen molar-refractivity contribution in [3.63, 3.8) is 0 Å². The lowest BCUT2D eigenvalue weighted by atomic mass is 10.1. The molecule has 1 aliphatic rings. The molecule has 1 heterocycles. The van der Waals surface area contributed by atoms with Gasteiger partial charge in [-0.3, -0.25) is 9.59 Å². The number of likely N-dealkylation sites (tertiary alicyclic amines) is 1. The average Bonchev–Trinajstić information content (AvgIpc) is 3.05. The molecule has 1 aliphatic heterocycles. The lowest BCUT2D eigenvalue weighted by Gasteiger charge is -2.15. The normalized spacial score (nSPS) is 14.3. The van der Waals surface area contributed by atoms with Crippen molar-refractivity contribution >= 4 is 11.8 Å². The van der Waals surface area contributed by atoms with E-state index in [-0.39, 0.29) is 18.4 Å². The van der Waals surface area contributed by atoms with Crippen molar-refractivity contribution in [1.82, 2.24) is 10.2 Å². The highest BCUT2D eigenvalue weighted by Crippen LogP contribution is 2.09. The first-order valence-electron chi connectivity index (χ1n) is 8.98. The molecule has 0 aromatic rings. The smallest absolute Gasteiger partial charge is 0.241 e. The molecule has 1 rings (SSSR count). The molecule has 0 saturated carbocycles. The quantitative estimate of drug-likeness (QED) is 0.543. The van der Waals surface area contributed by atoms with Crippen LogP contribution in [0.1, 0.15) is 70.6 Å². The number of nitrogens with zero attached hydrogens (tertiary/aromatic N) is 1. The Kier molecular flexibility index (Phi) is 10.7. The van der Waals surface area contributed by atoms with Crippen LogP contribution < -0.4 is 11.1 Å². The number of nitrogens with two attached hydrogens (primary N) is 1. The fourth-order valence-electron chi connectivity index (χ4n) is 2.83. The van der Waals surface area contributed by atoms with Gasteiger partial charge in [-0.05, 0) is 32.2 Å². The molecule has 128 valence electrons. The van der Waals surface area contributed by atoms with E-state index in [2.05, 4.69) is 5.32 Å². The first kappa shape index (κ1) is 18.9. The summed E-state index contributed by atoms with van der Waals surface area (Å²) in [7, 11) is 0. The summed E-state index contributed by atoms with van der Waals surface area (Å²) in [5.41, 5.74) is 5.45. The van der Waals surface area contributed by atoms with Gasteiger partial charge in [0.1, 0.15) is 0 Å². The van der Waals surface area contributed by atoms with Crippen LogP contribution in [0.15, 0.2) is 0 Å². The molecule has 5 nitrogen and oxygen atoms in total. The van der Waals surface area contributed by atoms with E-state index < -0.39 is 0 Å². The predicted octanol–water partition coefficient (Wildman–Crippen LogP) is 2.19. The van der Waals surface area contributed by atoms with Gasteiger partial charge in [0.25, 0.3) is 0 Å². The minimum Gasteiger partial charge on any atom is -0.347 e. The van der Waals surface area contributed by atoms with Crippen LogP contribution in [0.2, 0.25) is 0 Å². The molecule has 0 aliphatic carbocycles. The Bertz CT molecular complexity index is 315. The SMILES string of the molecule is NCCCCCCCCCCC(=O)NCC(=O)N1CCCC1. The van der Waals surface area contributed by atoms with Crippen LogP contribution in [0.4, 0.5) is 0 Å². The van der Waals surface area contributed by atoms with Gasteiger partial charge in [0.15, 0.2) is 0 Å². The van der Waals surface area contributed by atoms with Crippen molar-refractivity contribution in [2.24, 2.45) is 5.73 Å². The maximum atomic E-state index is 11.8. The highest BCUT2D eigenvalue weighted by molar-refractivity contribution is 5.84. The van der Waals surface area contributed by atoms with Gasteiger partial charge < -0.3 is 16.0 Å². The zero-order valence-electron chi connectivity index (χ0n) is 13.9. The highest BCUT2D eigenvalue weighted by atomic mass is 16.2. The van der Waals surface area contributed by atoms with Crippen LogP contribution in [0, 0.1) is 0 Å². The molecule has 5 heteroatoms. The van der Waals surface area contributed by atoms with E-state index in [1.807, 2.05) is 4.90 Å². The van der Waals surface area contributed by atoms with Gasteiger partial charge in [-0.15, -0.1) is 0 Å². The number of rotatable bonds is 12. The third-order valence-electron chi connectivity index (χ3n) is 4.25. The van der Waals surface area contributed by atoms with Crippen LogP contribution in [-0.2, 0) is 9.59 Å². The van der Waals surface area contributed by atoms with Crippen molar-refractivity contribution in [2.45, 2.75) is 70.6 Å². The molecule has 0 bridgehead atoms. The molecule has 2 amide bonds. The molecule has 1 fully saturated rings. The Morgan fingerprint density at radius 1 is 0.864 bits per heavy atom. The predicted molar refractivity (Wildman–Crippen MR) is 89.4 cm³/mol. The van der Waals surface area contributed by atoms with E-state index in [9.17, 15) is 9.59 Å². The number of amides is 2. The van der Waals surface area contributed by atoms with Crippen molar-refractivity contribution in [2.75, 3.05) is 26.2 Å². The lowest BCUT2D eigenvalue weighted by molar-refractivity contribution is -0.132. The largest absolute Gasteiger partial charge is 0.347 e. The Morgan fingerprint density at radius 3 is 2.00 bits per heavy atom. The van der Waals surface area contributed by atoms with E-state index in [0.717, 1.165) is 51.7 Å². The topological polar surface area (TPSA) is 75.4 Å². The molecule has 0 aromatic heterocycles. The van der Waals surface area contributed by atoms with Gasteiger partial charge in [0.05, 0.1) is 6.54 Å². The van der Waals surface area contributed by atoms with Crippen LogP contribution in [0.3, 0.4) is 0 Å². The van der Waals surface area contributed by atoms with Crippen molar-refractivity contribution < 1.29 is 9.59 Å². The maximum Gasteiger partial charge on any atom is 0.241 e. The molecule has 3 N–H and O–H groups in total. The Labute approximate surface area is 135 Å². The van der Waals surface area contributed by atoms with Gasteiger partial charge in [0.2, 0.25) is 11.8 Å². The Hall–Kier alpha value is -1.10. The molecule has 0 radical (unpaired) electrons. The summed E-state index contributed by atoms with van der Waals surface area (Å²) < 4.78 is 0. The monoisotopic (exact) mass is 311 g/mol. The summed E-state index contributed by atoms with van der Waals surface area (Å²) in [6, 6.07) is 0. The summed E-state index contributed by atoms with van der Waals surface area (Å²) in [6.07, 6.45) is 12.1. The number of hydrogen-bond donors (Lipinski definition) is 2. The van der Waals surface area contributed by atoms with Crippen LogP contribution >= 0.6 is 0 Å². The van der Waals surface area contributed by atoms with Crippen LogP contribution in [-0.4, -0.2) is 42.9 Å². The minimum absolute atomic E-state index is 0.00972. The molecule has 0 spiro atoms. The number of unbranched alkanes of at least 4 members (excludes halogenated alkanes) is 7. The van der Waals surface area contributed by atoms with E-state index in [0.29, 0.717) is 6.42 Å². The van der Waals surface area contributed by atoms with E-state index in [1.54, 1.807) is 0 Å². The maximum absolute atomic E-state index is 11.8. The first-order valence-corrected chi connectivity index (χ1v) is 8.98. The van der Waals surface area contributed by atoms with Crippen molar-refractivity contribution in [3.05, 3.63) is 0 Å². The van der Waals surface area contributed by atoms with Gasteiger partial charge in [-0.1, -0.05) is 38.5 Å². The van der Waals surface area contributed by atoms with E-state index >= 15 is 0 Å². The molecule has 1 saturated heterocycles. The second-order valence-corrected chi connectivity index (χ2v) is 6.23. The van der Waals surface area contributed by atoms with Crippen molar-refractivity contribution in [1.29, 1.82) is 0 Å². The minimum atomic E-state index is 0.00972. The standard InChI is InChI=1S/C17H33N3O2/c18-12-8-6-4-2-1-3-5-7-11-16(21)19-15-17(22)20-13-9-10-14-20/h1-15,18H2,(H,19,21). The molecule has 0 unspecified atom stereocenters. The number of hydrogen-bond acceptors (Lipinski definition) is 3. The third kappa shape index (κ3) is 9.03. The zero-order chi connectivity index (χ0) is 16.0. The number of nitrogens with one attached hydrogen (secondary N) is 1. The van der Waals surface area contributed by atoms with Gasteiger partial charge in [-0.25, -0.2) is 0 Å². The summed E-state index contributed by atoms with van der Waals surface area (Å²) in [5, 5.41) is 2.74. The van der Waals surface area contributed by atoms with E-state index in [4.69, 9.17) is 5.73 Å². The number of carbonyl (C=O) groups is 2. The number of carbonyl (C=O) groups excluding carboxylic acids is 2. The van der Waals surface area contributed by atoms with Crippen molar-refractivity contribution in [3.8, 4) is 0 Å². The summed E-state index contributed by atoms with van der Waals surface area (Å²) in [6.45, 7) is 2.66. The fraction of sp³-hybridized carbons (Fsp3) is 0.882. The third-order valence-corrected chi connectivity index (χ3v) is 4.25. The average molecular weight is 311 g/mol. The second kappa shape index (κ2) is 12.4.